The summed E-state index contributed by atoms with van der Waals surface area (Å²) in [5, 5.41) is 9.03. The van der Waals surface area contributed by atoms with Crippen molar-refractivity contribution < 1.29 is 5.11 Å². The first-order valence-corrected chi connectivity index (χ1v) is 7.62. The number of anilines is 1. The van der Waals surface area contributed by atoms with Gasteiger partial charge in [0.15, 0.2) is 0 Å². The zero-order valence-corrected chi connectivity index (χ0v) is 11.3. The van der Waals surface area contributed by atoms with E-state index >= 15 is 0 Å². The highest BCUT2D eigenvalue weighted by Crippen LogP contribution is 2.39. The van der Waals surface area contributed by atoms with E-state index in [0.29, 0.717) is 6.04 Å². The van der Waals surface area contributed by atoms with Gasteiger partial charge in [-0.1, -0.05) is 0 Å². The molecule has 0 aliphatic carbocycles. The predicted octanol–water partition coefficient (Wildman–Crippen LogP) is 2.70. The van der Waals surface area contributed by atoms with Crippen molar-refractivity contribution in [3.05, 3.63) is 18.2 Å². The van der Waals surface area contributed by atoms with Crippen LogP contribution in [-0.2, 0) is 0 Å². The summed E-state index contributed by atoms with van der Waals surface area (Å²) in [5.74, 6) is 1.07. The first-order valence-electron chi connectivity index (χ1n) is 5.40. The van der Waals surface area contributed by atoms with Gasteiger partial charge in [0.1, 0.15) is 0 Å². The average molecular weight is 255 g/mol. The Kier molecular flexibility index (Phi) is 4.05. The Morgan fingerprint density at radius 2 is 2.38 bits per heavy atom. The summed E-state index contributed by atoms with van der Waals surface area (Å²) in [7, 11) is 2.12. The molecule has 0 fully saturated rings. The molecule has 1 aromatic rings. The van der Waals surface area contributed by atoms with Gasteiger partial charge in [0, 0.05) is 35.2 Å². The van der Waals surface area contributed by atoms with Crippen LogP contribution < -0.4 is 4.90 Å². The monoisotopic (exact) mass is 255 g/mol. The van der Waals surface area contributed by atoms with Crippen LogP contribution in [0.3, 0.4) is 0 Å². The van der Waals surface area contributed by atoms with Crippen LogP contribution in [0.1, 0.15) is 6.42 Å². The van der Waals surface area contributed by atoms with Crippen LogP contribution in [-0.4, -0.2) is 36.8 Å². The lowest BCUT2D eigenvalue weighted by Crippen LogP contribution is -2.37. The number of hydrogen-bond acceptors (Lipinski definition) is 4. The van der Waals surface area contributed by atoms with Gasteiger partial charge in [-0.25, -0.2) is 0 Å². The lowest BCUT2D eigenvalue weighted by Gasteiger charge is -2.35. The first-order chi connectivity index (χ1) is 7.76. The Balaban J connectivity index is 2.24. The second-order valence-electron chi connectivity index (χ2n) is 3.92. The molecule has 1 heterocycles. The number of rotatable bonds is 3. The third-order valence-electron chi connectivity index (χ3n) is 2.99. The van der Waals surface area contributed by atoms with Gasteiger partial charge in [0.05, 0.1) is 5.69 Å². The summed E-state index contributed by atoms with van der Waals surface area (Å²) in [6.07, 6.45) is 2.96. The molecule has 1 unspecified atom stereocenters. The van der Waals surface area contributed by atoms with Crippen LogP contribution in [0.4, 0.5) is 5.69 Å². The second-order valence-corrected chi connectivity index (χ2v) is 5.86. The second kappa shape index (κ2) is 5.34. The molecule has 0 radical (unpaired) electrons. The van der Waals surface area contributed by atoms with Crippen molar-refractivity contribution in [2.24, 2.45) is 0 Å². The van der Waals surface area contributed by atoms with Gasteiger partial charge in [0.25, 0.3) is 0 Å². The Hall–Kier alpha value is -0.320. The minimum absolute atomic E-state index is 0.272. The zero-order chi connectivity index (χ0) is 11.5. The highest BCUT2D eigenvalue weighted by Gasteiger charge is 2.23. The van der Waals surface area contributed by atoms with E-state index in [2.05, 4.69) is 36.4 Å². The van der Waals surface area contributed by atoms with E-state index in [1.807, 2.05) is 11.8 Å². The SMILES string of the molecule is CSc1ccc2c(c1)SCC(CCO)N2C. The van der Waals surface area contributed by atoms with E-state index in [4.69, 9.17) is 5.11 Å². The maximum Gasteiger partial charge on any atom is 0.0505 e. The summed E-state index contributed by atoms with van der Waals surface area (Å²) in [6.45, 7) is 0.272. The molecule has 0 spiro atoms. The van der Waals surface area contributed by atoms with Crippen LogP contribution in [0.15, 0.2) is 28.0 Å². The Morgan fingerprint density at radius 1 is 1.56 bits per heavy atom. The molecule has 1 aromatic carbocycles. The van der Waals surface area contributed by atoms with Gasteiger partial charge >= 0.3 is 0 Å². The number of aliphatic hydroxyl groups is 1. The maximum atomic E-state index is 9.03. The van der Waals surface area contributed by atoms with Gasteiger partial charge in [-0.2, -0.15) is 0 Å². The van der Waals surface area contributed by atoms with Gasteiger partial charge in [-0.3, -0.25) is 0 Å². The van der Waals surface area contributed by atoms with Crippen molar-refractivity contribution in [2.45, 2.75) is 22.3 Å². The molecule has 0 bridgehead atoms. The molecule has 2 rings (SSSR count). The van der Waals surface area contributed by atoms with Gasteiger partial charge < -0.3 is 10.0 Å². The molecular weight excluding hydrogens is 238 g/mol. The lowest BCUT2D eigenvalue weighted by molar-refractivity contribution is 0.278. The largest absolute Gasteiger partial charge is 0.396 e. The van der Waals surface area contributed by atoms with E-state index in [9.17, 15) is 0 Å². The first kappa shape index (κ1) is 12.1. The average Bonchev–Trinajstić information content (AvgIpc) is 2.32. The van der Waals surface area contributed by atoms with Gasteiger partial charge in [0.2, 0.25) is 0 Å². The van der Waals surface area contributed by atoms with Crippen LogP contribution in [0.5, 0.6) is 0 Å². The van der Waals surface area contributed by atoms with Crippen molar-refractivity contribution in [1.82, 2.24) is 0 Å². The molecule has 1 aliphatic rings. The lowest BCUT2D eigenvalue weighted by atomic mass is 10.2. The normalized spacial score (nSPS) is 19.7. The molecular formula is C12H17NOS2. The minimum atomic E-state index is 0.272. The molecule has 16 heavy (non-hydrogen) atoms. The molecule has 1 atom stereocenters. The molecule has 88 valence electrons. The molecule has 1 N–H and O–H groups in total. The zero-order valence-electron chi connectivity index (χ0n) is 9.64. The van der Waals surface area contributed by atoms with Crippen molar-refractivity contribution in [2.75, 3.05) is 30.6 Å². The van der Waals surface area contributed by atoms with Crippen LogP contribution >= 0.6 is 23.5 Å². The Morgan fingerprint density at radius 3 is 3.06 bits per heavy atom. The van der Waals surface area contributed by atoms with E-state index in [1.165, 1.54) is 15.5 Å². The van der Waals surface area contributed by atoms with Crippen molar-refractivity contribution in [3.8, 4) is 0 Å². The van der Waals surface area contributed by atoms with Crippen molar-refractivity contribution in [3.63, 3.8) is 0 Å². The standard InChI is InChI=1S/C12H17NOS2/c1-13-9(5-6-14)8-16-12-7-10(15-2)3-4-11(12)13/h3-4,7,9,14H,5-6,8H2,1-2H3. The molecule has 0 amide bonds. The number of aliphatic hydroxyl groups excluding tert-OH is 1. The third-order valence-corrected chi connectivity index (χ3v) is 4.90. The van der Waals surface area contributed by atoms with E-state index < -0.39 is 0 Å². The molecule has 0 saturated carbocycles. The topological polar surface area (TPSA) is 23.5 Å². The fraction of sp³-hybridized carbons (Fsp3) is 0.500. The van der Waals surface area contributed by atoms with Crippen molar-refractivity contribution >= 4 is 29.2 Å². The van der Waals surface area contributed by atoms with E-state index in [0.717, 1.165) is 12.2 Å². The molecule has 1 aliphatic heterocycles. The number of fused-ring (bicyclic) bond motifs is 1. The number of benzene rings is 1. The number of hydrogen-bond donors (Lipinski definition) is 1. The Bertz CT molecular complexity index is 370. The summed E-state index contributed by atoms with van der Waals surface area (Å²) in [4.78, 5) is 4.98. The summed E-state index contributed by atoms with van der Waals surface area (Å²) < 4.78 is 0. The van der Waals surface area contributed by atoms with Gasteiger partial charge in [-0.15, -0.1) is 23.5 Å². The smallest absolute Gasteiger partial charge is 0.0505 e. The highest BCUT2D eigenvalue weighted by atomic mass is 32.2. The van der Waals surface area contributed by atoms with Crippen molar-refractivity contribution in [1.29, 1.82) is 0 Å². The third kappa shape index (κ3) is 2.34. The maximum absolute atomic E-state index is 9.03. The highest BCUT2D eigenvalue weighted by molar-refractivity contribution is 8.00. The van der Waals surface area contributed by atoms with Crippen LogP contribution in [0, 0.1) is 0 Å². The summed E-state index contributed by atoms with van der Waals surface area (Å²) >= 11 is 3.69. The molecule has 4 heteroatoms. The fourth-order valence-corrected chi connectivity index (χ4v) is 3.80. The minimum Gasteiger partial charge on any atom is -0.396 e. The summed E-state index contributed by atoms with van der Waals surface area (Å²) in [6, 6.07) is 7.08. The number of nitrogens with zero attached hydrogens (tertiary/aromatic N) is 1. The van der Waals surface area contributed by atoms with Crippen LogP contribution in [0.25, 0.3) is 0 Å². The molecule has 0 aromatic heterocycles. The molecule has 2 nitrogen and oxygen atoms in total. The predicted molar refractivity (Wildman–Crippen MR) is 72.8 cm³/mol. The Labute approximate surface area is 105 Å². The van der Waals surface area contributed by atoms with E-state index in [-0.39, 0.29) is 6.61 Å². The van der Waals surface area contributed by atoms with E-state index in [1.54, 1.807) is 11.8 Å². The summed E-state index contributed by atoms with van der Waals surface area (Å²) in [5.41, 5.74) is 1.30. The van der Waals surface area contributed by atoms with Gasteiger partial charge in [-0.05, 0) is 30.9 Å². The quantitative estimate of drug-likeness (QED) is 0.839. The van der Waals surface area contributed by atoms with Crippen LogP contribution in [0.2, 0.25) is 0 Å². The molecule has 0 saturated heterocycles. The fourth-order valence-electron chi connectivity index (χ4n) is 1.95. The number of thioether (sulfide) groups is 2.